The van der Waals surface area contributed by atoms with Gasteiger partial charge in [0.05, 0.1) is 24.4 Å². The van der Waals surface area contributed by atoms with Crippen molar-refractivity contribution in [2.45, 2.75) is 50.5 Å². The van der Waals surface area contributed by atoms with Crippen molar-refractivity contribution in [3.05, 3.63) is 0 Å². The first-order valence-electron chi connectivity index (χ1n) is 4.94. The summed E-state index contributed by atoms with van der Waals surface area (Å²) in [6.45, 7) is 2.43. The van der Waals surface area contributed by atoms with Crippen LogP contribution in [0, 0.1) is 0 Å². The maximum Gasteiger partial charge on any atom is 0.0989 e. The molecule has 0 aromatic heterocycles. The Morgan fingerprint density at radius 1 is 1.46 bits per heavy atom. The molecule has 78 valence electrons. The van der Waals surface area contributed by atoms with Crippen molar-refractivity contribution in [2.75, 3.05) is 6.54 Å². The molecule has 4 N–H and O–H groups in total. The van der Waals surface area contributed by atoms with Crippen molar-refractivity contribution in [2.24, 2.45) is 0 Å². The summed E-state index contributed by atoms with van der Waals surface area (Å²) in [6.07, 6.45) is 0.544. The summed E-state index contributed by atoms with van der Waals surface area (Å²) in [5, 5.41) is 31.2. The van der Waals surface area contributed by atoms with Gasteiger partial charge in [0.25, 0.3) is 0 Å². The lowest BCUT2D eigenvalue weighted by Crippen LogP contribution is -2.43. The molecule has 0 aromatic carbocycles. The third kappa shape index (κ3) is 2.64. The van der Waals surface area contributed by atoms with E-state index in [4.69, 9.17) is 0 Å². The van der Waals surface area contributed by atoms with Crippen LogP contribution in [0.5, 0.6) is 0 Å². The maximum atomic E-state index is 9.63. The van der Waals surface area contributed by atoms with E-state index in [0.717, 1.165) is 12.8 Å². The normalized spacial score (nSPS) is 36.5. The lowest BCUT2D eigenvalue weighted by molar-refractivity contribution is 0.00422. The Kier molecular flexibility index (Phi) is 4.12. The molecule has 0 bridgehead atoms. The first-order valence-corrected chi connectivity index (χ1v) is 4.94. The molecular formula is C9H19NO3. The minimum absolute atomic E-state index is 0.360. The van der Waals surface area contributed by atoms with E-state index in [1.807, 2.05) is 0 Å². The second-order valence-corrected chi connectivity index (χ2v) is 3.70. The smallest absolute Gasteiger partial charge is 0.0989 e. The second kappa shape index (κ2) is 4.91. The molecule has 0 unspecified atom stereocenters. The van der Waals surface area contributed by atoms with E-state index in [1.54, 1.807) is 0 Å². The molecule has 0 radical (unpaired) electrons. The molecule has 1 aliphatic heterocycles. The van der Waals surface area contributed by atoms with Gasteiger partial charge in [0, 0.05) is 6.54 Å². The monoisotopic (exact) mass is 189 g/mol. The lowest BCUT2D eigenvalue weighted by atomic mass is 10.0. The van der Waals surface area contributed by atoms with Crippen molar-refractivity contribution >= 4 is 0 Å². The zero-order valence-electron chi connectivity index (χ0n) is 7.98. The Bertz CT molecular complexity index is 154. The third-order valence-corrected chi connectivity index (χ3v) is 2.59. The van der Waals surface area contributed by atoms with E-state index in [9.17, 15) is 15.3 Å². The molecule has 0 aromatic rings. The van der Waals surface area contributed by atoms with Crippen LogP contribution in [0.1, 0.15) is 26.2 Å². The number of aliphatic hydroxyl groups excluding tert-OH is 3. The number of β-amino-alcohol motifs (C(OH)–C–C–N with tert-alkyl or cyclic N) is 1. The number of aliphatic hydroxyl groups is 3. The number of nitrogens with one attached hydrogen (secondary N) is 1. The van der Waals surface area contributed by atoms with Crippen LogP contribution in [-0.4, -0.2) is 46.2 Å². The summed E-state index contributed by atoms with van der Waals surface area (Å²) < 4.78 is 0. The predicted molar refractivity (Wildman–Crippen MR) is 49.3 cm³/mol. The molecule has 1 saturated heterocycles. The molecule has 0 aliphatic carbocycles. The standard InChI is InChI=1S/C9H19NO3/c1-2-3-4-6(11)8-9(13)7(12)5-10-8/h6-13H,2-5H2,1H3/t6-,7-,8-,9+/m0/s1. The highest BCUT2D eigenvalue weighted by Gasteiger charge is 2.36. The maximum absolute atomic E-state index is 9.63. The summed E-state index contributed by atoms with van der Waals surface area (Å²) in [5.41, 5.74) is 0. The quantitative estimate of drug-likeness (QED) is 0.468. The van der Waals surface area contributed by atoms with Crippen molar-refractivity contribution in [1.82, 2.24) is 5.32 Å². The fourth-order valence-corrected chi connectivity index (χ4v) is 1.69. The minimum atomic E-state index is -0.827. The van der Waals surface area contributed by atoms with Gasteiger partial charge >= 0.3 is 0 Å². The molecule has 13 heavy (non-hydrogen) atoms. The van der Waals surface area contributed by atoms with Crippen LogP contribution in [-0.2, 0) is 0 Å². The lowest BCUT2D eigenvalue weighted by Gasteiger charge is -2.21. The molecule has 0 amide bonds. The summed E-state index contributed by atoms with van der Waals surface area (Å²) in [4.78, 5) is 0. The van der Waals surface area contributed by atoms with E-state index in [-0.39, 0.29) is 6.04 Å². The summed E-state index contributed by atoms with van der Waals surface area (Å²) in [6, 6.07) is -0.360. The summed E-state index contributed by atoms with van der Waals surface area (Å²) in [5.74, 6) is 0. The van der Waals surface area contributed by atoms with Gasteiger partial charge in [-0.05, 0) is 6.42 Å². The van der Waals surface area contributed by atoms with Gasteiger partial charge in [-0.25, -0.2) is 0 Å². The van der Waals surface area contributed by atoms with Gasteiger partial charge in [0.1, 0.15) is 0 Å². The highest BCUT2D eigenvalue weighted by atomic mass is 16.3. The van der Waals surface area contributed by atoms with Gasteiger partial charge in [-0.2, -0.15) is 0 Å². The van der Waals surface area contributed by atoms with Gasteiger partial charge in [-0.1, -0.05) is 19.8 Å². The molecule has 1 heterocycles. The van der Waals surface area contributed by atoms with Crippen LogP contribution >= 0.6 is 0 Å². The SMILES string of the molecule is CCCC[C@H](O)[C@@H]1NC[C@H](O)[C@H]1O. The molecule has 1 fully saturated rings. The molecule has 4 atom stereocenters. The van der Waals surface area contributed by atoms with Crippen LogP contribution in [0.15, 0.2) is 0 Å². The van der Waals surface area contributed by atoms with Crippen LogP contribution in [0.4, 0.5) is 0 Å². The highest BCUT2D eigenvalue weighted by Crippen LogP contribution is 2.15. The molecular weight excluding hydrogens is 170 g/mol. The Balaban J connectivity index is 2.34. The van der Waals surface area contributed by atoms with Crippen molar-refractivity contribution in [3.63, 3.8) is 0 Å². The molecule has 1 aliphatic rings. The fourth-order valence-electron chi connectivity index (χ4n) is 1.69. The molecule has 0 spiro atoms. The van der Waals surface area contributed by atoms with Crippen LogP contribution in [0.3, 0.4) is 0 Å². The van der Waals surface area contributed by atoms with Crippen LogP contribution in [0.25, 0.3) is 0 Å². The highest BCUT2D eigenvalue weighted by molar-refractivity contribution is 4.94. The van der Waals surface area contributed by atoms with Gasteiger partial charge in [-0.15, -0.1) is 0 Å². The van der Waals surface area contributed by atoms with Gasteiger partial charge < -0.3 is 20.6 Å². The average molecular weight is 189 g/mol. The first kappa shape index (κ1) is 10.9. The van der Waals surface area contributed by atoms with E-state index >= 15 is 0 Å². The number of hydrogen-bond donors (Lipinski definition) is 4. The molecule has 0 saturated carbocycles. The van der Waals surface area contributed by atoms with Crippen molar-refractivity contribution in [1.29, 1.82) is 0 Å². The van der Waals surface area contributed by atoms with Gasteiger partial charge in [0.2, 0.25) is 0 Å². The first-order chi connectivity index (χ1) is 6.16. The summed E-state index contributed by atoms with van der Waals surface area (Å²) >= 11 is 0. The molecule has 4 nitrogen and oxygen atoms in total. The third-order valence-electron chi connectivity index (χ3n) is 2.59. The van der Waals surface area contributed by atoms with Crippen molar-refractivity contribution < 1.29 is 15.3 Å². The van der Waals surface area contributed by atoms with E-state index in [1.165, 1.54) is 0 Å². The predicted octanol–water partition coefficient (Wildman–Crippen LogP) is -0.769. The number of hydrogen-bond acceptors (Lipinski definition) is 4. The Morgan fingerprint density at radius 2 is 2.15 bits per heavy atom. The zero-order chi connectivity index (χ0) is 9.84. The number of rotatable bonds is 4. The average Bonchev–Trinajstić information content (AvgIpc) is 2.44. The van der Waals surface area contributed by atoms with Gasteiger partial charge in [-0.3, -0.25) is 0 Å². The van der Waals surface area contributed by atoms with E-state index in [2.05, 4.69) is 12.2 Å². The minimum Gasteiger partial charge on any atom is -0.391 e. The fraction of sp³-hybridized carbons (Fsp3) is 1.00. The van der Waals surface area contributed by atoms with E-state index < -0.39 is 18.3 Å². The largest absolute Gasteiger partial charge is 0.391 e. The van der Waals surface area contributed by atoms with E-state index in [0.29, 0.717) is 13.0 Å². The topological polar surface area (TPSA) is 72.7 Å². The number of unbranched alkanes of at least 4 members (excludes halogenated alkanes) is 1. The second-order valence-electron chi connectivity index (χ2n) is 3.70. The Labute approximate surface area is 78.6 Å². The Morgan fingerprint density at radius 3 is 2.62 bits per heavy atom. The van der Waals surface area contributed by atoms with Gasteiger partial charge in [0.15, 0.2) is 0 Å². The Hall–Kier alpha value is -0.160. The van der Waals surface area contributed by atoms with Crippen LogP contribution in [0.2, 0.25) is 0 Å². The molecule has 4 heteroatoms. The zero-order valence-corrected chi connectivity index (χ0v) is 7.98. The molecule has 1 rings (SSSR count). The van der Waals surface area contributed by atoms with Crippen molar-refractivity contribution in [3.8, 4) is 0 Å². The summed E-state index contributed by atoms with van der Waals surface area (Å²) in [7, 11) is 0. The van der Waals surface area contributed by atoms with Crippen LogP contribution < -0.4 is 5.32 Å².